The van der Waals surface area contributed by atoms with Crippen molar-refractivity contribution in [1.29, 1.82) is 0 Å². The molecular weight excluding hydrogens is 892 g/mol. The molecule has 0 spiro atoms. The molecule has 1 aliphatic carbocycles. The van der Waals surface area contributed by atoms with Crippen molar-refractivity contribution in [3.8, 4) is 28.2 Å². The molecule has 2 aromatic carbocycles. The molecular formula is C52H80Br2N2O5. The lowest BCUT2D eigenvalue weighted by molar-refractivity contribution is -0.929. The van der Waals surface area contributed by atoms with E-state index in [2.05, 4.69) is 87.2 Å². The first kappa shape index (κ1) is 54.4. The van der Waals surface area contributed by atoms with Gasteiger partial charge >= 0.3 is 0 Å². The maximum absolute atomic E-state index is 12.0. The van der Waals surface area contributed by atoms with E-state index in [1.807, 2.05) is 0 Å². The highest BCUT2D eigenvalue weighted by molar-refractivity contribution is 9.10. The number of benzene rings is 3. The van der Waals surface area contributed by atoms with E-state index >= 15 is 0 Å². The van der Waals surface area contributed by atoms with Crippen molar-refractivity contribution in [3.63, 3.8) is 0 Å². The average Bonchev–Trinajstić information content (AvgIpc) is 3.26. The van der Waals surface area contributed by atoms with Crippen molar-refractivity contribution in [2.24, 2.45) is 0 Å². The second-order valence-electron chi connectivity index (χ2n) is 17.2. The van der Waals surface area contributed by atoms with Gasteiger partial charge in [-0.2, -0.15) is 0 Å². The Kier molecular flexibility index (Phi) is 26.4. The monoisotopic (exact) mass is 970 g/mol. The van der Waals surface area contributed by atoms with Crippen LogP contribution in [0.1, 0.15) is 168 Å². The van der Waals surface area contributed by atoms with Crippen LogP contribution in [0.5, 0.6) is 5.75 Å². The van der Waals surface area contributed by atoms with Crippen LogP contribution in [-0.2, 0) is 0 Å². The summed E-state index contributed by atoms with van der Waals surface area (Å²) in [6.07, 6.45) is 22.1. The molecule has 0 aromatic heterocycles. The lowest BCUT2D eigenvalue weighted by Gasteiger charge is -2.39. The smallest absolute Gasteiger partial charge is 0.196 e. The topological polar surface area (TPSA) is 93.4 Å². The van der Waals surface area contributed by atoms with Gasteiger partial charge in [-0.3, -0.25) is 4.79 Å². The molecule has 1 heterocycles. The highest BCUT2D eigenvalue weighted by atomic mass is 79.9. The van der Waals surface area contributed by atoms with Gasteiger partial charge in [-0.15, -0.1) is 0 Å². The van der Waals surface area contributed by atoms with Crippen molar-refractivity contribution >= 4 is 48.8 Å². The zero-order valence-electron chi connectivity index (χ0n) is 39.3. The quantitative estimate of drug-likeness (QED) is 0.0462. The first-order valence-corrected chi connectivity index (χ1v) is 25.5. The molecule has 0 saturated carbocycles. The Labute approximate surface area is 387 Å². The van der Waals surface area contributed by atoms with Gasteiger partial charge < -0.3 is 28.4 Å². The van der Waals surface area contributed by atoms with E-state index in [1.165, 1.54) is 182 Å². The summed E-state index contributed by atoms with van der Waals surface area (Å²) in [5, 5.41) is 24.2. The van der Waals surface area contributed by atoms with Gasteiger partial charge in [-0.05, 0) is 91.1 Å². The summed E-state index contributed by atoms with van der Waals surface area (Å²) < 4.78 is 9.25. The van der Waals surface area contributed by atoms with E-state index < -0.39 is 5.97 Å². The minimum Gasteiger partial charge on any atom is -0.872 e. The minimum atomic E-state index is -1.33. The van der Waals surface area contributed by atoms with Crippen molar-refractivity contribution in [2.75, 3.05) is 52.4 Å². The fourth-order valence-electron chi connectivity index (χ4n) is 8.35. The fourth-order valence-corrected chi connectivity index (χ4v) is 9.04. The average molecular weight is 973 g/mol. The van der Waals surface area contributed by atoms with Crippen LogP contribution in [0.25, 0.3) is 33.4 Å². The first-order valence-electron chi connectivity index (χ1n) is 23.9. The fraction of sp³-hybridized carbons (Fsp3) is 0.615. The molecule has 0 N–H and O–H groups in total. The number of carbonyl (C=O) groups excluding carboxylic acids is 1. The second-order valence-corrected chi connectivity index (χ2v) is 18.9. The molecule has 0 saturated heterocycles. The van der Waals surface area contributed by atoms with Crippen molar-refractivity contribution < 1.29 is 28.4 Å². The summed E-state index contributed by atoms with van der Waals surface area (Å²) in [5.41, 5.74) is 1.43. The number of carboxylic acid groups (broad SMARTS) is 1. The summed E-state index contributed by atoms with van der Waals surface area (Å²) in [5.74, 6) is -1.36. The van der Waals surface area contributed by atoms with Gasteiger partial charge in [-0.25, -0.2) is 0 Å². The predicted molar refractivity (Wildman–Crippen MR) is 262 cm³/mol. The molecule has 0 radical (unpaired) electrons. The number of nitrogens with zero attached hydrogens (tertiary/aromatic N) is 2. The van der Waals surface area contributed by atoms with Gasteiger partial charge in [0.1, 0.15) is 11.3 Å². The number of hydrogen-bond donors (Lipinski definition) is 0. The molecule has 342 valence electrons. The van der Waals surface area contributed by atoms with Gasteiger partial charge in [0.25, 0.3) is 0 Å². The molecule has 7 nitrogen and oxygen atoms in total. The van der Waals surface area contributed by atoms with Gasteiger partial charge in [0.15, 0.2) is 5.43 Å². The minimum absolute atomic E-state index is 0.00375. The Morgan fingerprint density at radius 3 is 1.33 bits per heavy atom. The maximum Gasteiger partial charge on any atom is 0.196 e. The van der Waals surface area contributed by atoms with Crippen LogP contribution in [0, 0.1) is 0 Å². The Hall–Kier alpha value is -2.72. The highest BCUT2D eigenvalue weighted by Crippen LogP contribution is 2.43. The van der Waals surface area contributed by atoms with Crippen LogP contribution >= 0.6 is 31.9 Å². The number of halogens is 2. The molecule has 2 aliphatic rings. The SMILES string of the molecule is CCCC[N+](CCCC)(CCCC)CCCC.CCCC[N+](CCCC)(CCCC)CCCC.O=C([O-])c1ccccc1-c1c2cc(Br)c(=O)cc-2oc2cc([O-])c(Br)cc12. The Bertz CT molecular complexity index is 1760. The molecule has 61 heavy (non-hydrogen) atoms. The molecule has 0 unspecified atom stereocenters. The number of fused-ring (bicyclic) bond motifs is 2. The summed E-state index contributed by atoms with van der Waals surface area (Å²) in [6, 6.07) is 12.2. The van der Waals surface area contributed by atoms with Crippen molar-refractivity contribution in [2.45, 2.75) is 158 Å². The summed E-state index contributed by atoms with van der Waals surface area (Å²) in [7, 11) is 0. The summed E-state index contributed by atoms with van der Waals surface area (Å²) in [6.45, 7) is 30.0. The van der Waals surface area contributed by atoms with Crippen LogP contribution < -0.4 is 15.6 Å². The number of carbonyl (C=O) groups is 1. The van der Waals surface area contributed by atoms with Crippen LogP contribution in [0.15, 0.2) is 66.7 Å². The molecule has 9 heteroatoms. The van der Waals surface area contributed by atoms with Crippen LogP contribution in [0.4, 0.5) is 0 Å². The first-order chi connectivity index (χ1) is 29.3. The number of quaternary nitrogens is 2. The van der Waals surface area contributed by atoms with Gasteiger partial charge in [0.05, 0.1) is 62.8 Å². The van der Waals surface area contributed by atoms with Crippen molar-refractivity contribution in [1.82, 2.24) is 0 Å². The molecule has 0 amide bonds. The molecule has 0 fully saturated rings. The summed E-state index contributed by atoms with van der Waals surface area (Å²) >= 11 is 6.44. The Morgan fingerprint density at radius 2 is 0.951 bits per heavy atom. The third-order valence-electron chi connectivity index (χ3n) is 12.1. The normalized spacial score (nSPS) is 11.6. The van der Waals surface area contributed by atoms with Gasteiger partial charge in [0, 0.05) is 32.6 Å². The second kappa shape index (κ2) is 29.6. The number of aromatic carboxylic acids is 1. The zero-order valence-corrected chi connectivity index (χ0v) is 42.5. The van der Waals surface area contributed by atoms with Crippen LogP contribution in [0.2, 0.25) is 0 Å². The number of rotatable bonds is 26. The molecule has 2 aromatic rings. The number of hydrogen-bond acceptors (Lipinski definition) is 5. The Morgan fingerprint density at radius 1 is 0.557 bits per heavy atom. The summed E-state index contributed by atoms with van der Waals surface area (Å²) in [4.78, 5) is 23.7. The molecule has 1 aliphatic heterocycles. The third kappa shape index (κ3) is 17.4. The largest absolute Gasteiger partial charge is 0.872 e. The van der Waals surface area contributed by atoms with E-state index in [0.29, 0.717) is 31.0 Å². The van der Waals surface area contributed by atoms with E-state index in [4.69, 9.17) is 4.42 Å². The molecule has 4 rings (SSSR count). The number of unbranched alkanes of at least 4 members (excludes halogenated alkanes) is 8. The van der Waals surface area contributed by atoms with Gasteiger partial charge in [0.2, 0.25) is 0 Å². The Balaban J connectivity index is 0.000000333. The number of carboxylic acids is 1. The van der Waals surface area contributed by atoms with Crippen LogP contribution in [-0.4, -0.2) is 67.3 Å². The highest BCUT2D eigenvalue weighted by Gasteiger charge is 2.26. The lowest BCUT2D eigenvalue weighted by Crippen LogP contribution is -2.50. The van der Waals surface area contributed by atoms with Gasteiger partial charge in [-0.1, -0.05) is 153 Å². The lowest BCUT2D eigenvalue weighted by atomic mass is 9.91. The van der Waals surface area contributed by atoms with E-state index in [1.54, 1.807) is 30.3 Å². The standard InChI is InChI=1S/C20H10Br2O5.2C16H36N/c21-13-5-11-17(7-15(13)23)27-18-8-16(24)14(22)6-12(18)19(11)9-3-1-2-4-10(9)20(25)26;2*1-5-9-13-17(14-10-6-2,15-11-7-3)16-12-8-4/h1-8,23H,(H,25,26);2*5-16H2,1-4H3/q;2*+1/p-2. The van der Waals surface area contributed by atoms with Crippen molar-refractivity contribution in [3.05, 3.63) is 73.3 Å². The van der Waals surface area contributed by atoms with E-state index in [-0.39, 0.29) is 28.1 Å². The third-order valence-corrected chi connectivity index (χ3v) is 13.4. The van der Waals surface area contributed by atoms with Crippen LogP contribution in [0.3, 0.4) is 0 Å². The molecule has 0 atom stereocenters. The maximum atomic E-state index is 12.0. The zero-order chi connectivity index (χ0) is 45.3. The van der Waals surface area contributed by atoms with E-state index in [0.717, 1.165) is 0 Å². The predicted octanol–water partition coefficient (Wildman–Crippen LogP) is 13.5. The molecule has 0 bridgehead atoms. The van der Waals surface area contributed by atoms with E-state index in [9.17, 15) is 19.8 Å².